The summed E-state index contributed by atoms with van der Waals surface area (Å²) in [6, 6.07) is 5.70. The first-order valence-electron chi connectivity index (χ1n) is 5.36. The summed E-state index contributed by atoms with van der Waals surface area (Å²) in [4.78, 5) is 0.654. The minimum Gasteiger partial charge on any atom is -0.387 e. The molecule has 0 aliphatic heterocycles. The number of aliphatic hydroxyl groups excluding tert-OH is 1. The Balaban J connectivity index is 2.21. The summed E-state index contributed by atoms with van der Waals surface area (Å²) in [7, 11) is 0. The molecule has 1 aromatic heterocycles. The summed E-state index contributed by atoms with van der Waals surface area (Å²) in [5, 5.41) is 9.99. The summed E-state index contributed by atoms with van der Waals surface area (Å²) in [5.41, 5.74) is 1.03. The molecule has 0 aliphatic carbocycles. The van der Waals surface area contributed by atoms with E-state index in [1.165, 1.54) is 23.5 Å². The normalized spacial score (nSPS) is 12.7. The lowest BCUT2D eigenvalue weighted by atomic mass is 10.1. The molecule has 0 bridgehead atoms. The molecule has 5 heteroatoms. The standard InChI is InChI=1S/C13H11ClF2OS/c1-7-5-11(18-13(7)14)10(17)6-8-3-2-4-9(15)12(8)16/h2-5,10,17H,6H2,1H3. The number of benzene rings is 1. The molecule has 0 amide bonds. The van der Waals surface area contributed by atoms with Crippen LogP contribution in [0.25, 0.3) is 0 Å². The van der Waals surface area contributed by atoms with Crippen molar-refractivity contribution in [2.24, 2.45) is 0 Å². The second-order valence-corrected chi connectivity index (χ2v) is 5.72. The van der Waals surface area contributed by atoms with Crippen LogP contribution < -0.4 is 0 Å². The van der Waals surface area contributed by atoms with Crippen LogP contribution in [0.15, 0.2) is 24.3 Å². The van der Waals surface area contributed by atoms with Gasteiger partial charge in [-0.1, -0.05) is 23.7 Å². The maximum absolute atomic E-state index is 13.5. The highest BCUT2D eigenvalue weighted by molar-refractivity contribution is 7.16. The van der Waals surface area contributed by atoms with Gasteiger partial charge in [-0.25, -0.2) is 8.78 Å². The summed E-state index contributed by atoms with van der Waals surface area (Å²) in [6.07, 6.45) is -0.850. The van der Waals surface area contributed by atoms with Crippen molar-refractivity contribution in [2.45, 2.75) is 19.4 Å². The molecule has 1 aromatic carbocycles. The van der Waals surface area contributed by atoms with E-state index >= 15 is 0 Å². The fourth-order valence-corrected chi connectivity index (χ4v) is 2.87. The fraction of sp³-hybridized carbons (Fsp3) is 0.231. The highest BCUT2D eigenvalue weighted by Crippen LogP contribution is 2.32. The summed E-state index contributed by atoms with van der Waals surface area (Å²) in [6.45, 7) is 1.83. The molecule has 1 unspecified atom stereocenters. The van der Waals surface area contributed by atoms with E-state index in [1.54, 1.807) is 6.07 Å². The molecule has 0 saturated heterocycles. The van der Waals surface area contributed by atoms with E-state index in [4.69, 9.17) is 11.6 Å². The van der Waals surface area contributed by atoms with Crippen LogP contribution in [0.4, 0.5) is 8.78 Å². The van der Waals surface area contributed by atoms with Crippen LogP contribution in [-0.4, -0.2) is 5.11 Å². The van der Waals surface area contributed by atoms with Crippen LogP contribution in [0.2, 0.25) is 4.34 Å². The molecule has 1 atom stereocenters. The largest absolute Gasteiger partial charge is 0.387 e. The predicted octanol–water partition coefficient (Wildman–Crippen LogP) is 4.26. The maximum atomic E-state index is 13.5. The zero-order valence-corrected chi connectivity index (χ0v) is 11.2. The zero-order valence-electron chi connectivity index (χ0n) is 9.58. The van der Waals surface area contributed by atoms with Crippen molar-refractivity contribution in [3.8, 4) is 0 Å². The molecule has 0 saturated carbocycles. The van der Waals surface area contributed by atoms with Crippen molar-refractivity contribution in [2.75, 3.05) is 0 Å². The third-order valence-corrected chi connectivity index (χ3v) is 4.31. The SMILES string of the molecule is Cc1cc(C(O)Cc2cccc(F)c2F)sc1Cl. The Bertz CT molecular complexity index is 549. The number of hydrogen-bond acceptors (Lipinski definition) is 2. The van der Waals surface area contributed by atoms with Crippen LogP contribution in [-0.2, 0) is 6.42 Å². The number of thiophene rings is 1. The van der Waals surface area contributed by atoms with Gasteiger partial charge in [0.05, 0.1) is 10.4 Å². The Morgan fingerprint density at radius 3 is 2.72 bits per heavy atom. The van der Waals surface area contributed by atoms with E-state index in [0.717, 1.165) is 11.6 Å². The van der Waals surface area contributed by atoms with Crippen LogP contribution in [0.1, 0.15) is 22.1 Å². The van der Waals surface area contributed by atoms with E-state index in [-0.39, 0.29) is 12.0 Å². The van der Waals surface area contributed by atoms with Gasteiger partial charge in [0.15, 0.2) is 11.6 Å². The average molecular weight is 289 g/mol. The Labute approximate surface area is 113 Å². The summed E-state index contributed by atoms with van der Waals surface area (Å²) < 4.78 is 27.1. The number of aryl methyl sites for hydroxylation is 1. The van der Waals surface area contributed by atoms with Crippen LogP contribution >= 0.6 is 22.9 Å². The van der Waals surface area contributed by atoms with E-state index in [1.807, 2.05) is 6.92 Å². The predicted molar refractivity (Wildman–Crippen MR) is 69.1 cm³/mol. The Hall–Kier alpha value is -0.970. The molecular formula is C13H11ClF2OS. The summed E-state index contributed by atoms with van der Waals surface area (Å²) in [5.74, 6) is -1.81. The number of rotatable bonds is 3. The molecule has 18 heavy (non-hydrogen) atoms. The van der Waals surface area contributed by atoms with Crippen LogP contribution in [0.3, 0.4) is 0 Å². The first-order valence-corrected chi connectivity index (χ1v) is 6.55. The Morgan fingerprint density at radius 1 is 1.39 bits per heavy atom. The molecule has 96 valence electrons. The van der Waals surface area contributed by atoms with Gasteiger partial charge in [0.1, 0.15) is 0 Å². The average Bonchev–Trinajstić information content (AvgIpc) is 2.66. The molecule has 1 heterocycles. The molecule has 1 N–H and O–H groups in total. The number of halogens is 3. The van der Waals surface area contributed by atoms with Crippen molar-refractivity contribution in [1.29, 1.82) is 0 Å². The van der Waals surface area contributed by atoms with Gasteiger partial charge in [0.2, 0.25) is 0 Å². The van der Waals surface area contributed by atoms with Crippen molar-refractivity contribution in [1.82, 2.24) is 0 Å². The van der Waals surface area contributed by atoms with Crippen molar-refractivity contribution >= 4 is 22.9 Å². The number of aliphatic hydroxyl groups is 1. The van der Waals surface area contributed by atoms with E-state index in [2.05, 4.69) is 0 Å². The second-order valence-electron chi connectivity index (χ2n) is 4.04. The molecule has 0 aliphatic rings. The highest BCUT2D eigenvalue weighted by Gasteiger charge is 2.16. The Kier molecular flexibility index (Phi) is 4.00. The topological polar surface area (TPSA) is 20.2 Å². The van der Waals surface area contributed by atoms with Gasteiger partial charge < -0.3 is 5.11 Å². The highest BCUT2D eigenvalue weighted by atomic mass is 35.5. The maximum Gasteiger partial charge on any atom is 0.162 e. The van der Waals surface area contributed by atoms with E-state index in [0.29, 0.717) is 9.21 Å². The molecule has 0 radical (unpaired) electrons. The molecule has 2 rings (SSSR count). The second kappa shape index (κ2) is 5.34. The van der Waals surface area contributed by atoms with Gasteiger partial charge in [0, 0.05) is 11.3 Å². The van der Waals surface area contributed by atoms with Gasteiger partial charge in [-0.2, -0.15) is 0 Å². The molecule has 1 nitrogen and oxygen atoms in total. The molecule has 0 fully saturated rings. The lowest BCUT2D eigenvalue weighted by Crippen LogP contribution is -2.03. The van der Waals surface area contributed by atoms with Gasteiger partial charge >= 0.3 is 0 Å². The first-order chi connectivity index (χ1) is 8.49. The zero-order chi connectivity index (χ0) is 13.3. The van der Waals surface area contributed by atoms with Gasteiger partial charge in [-0.15, -0.1) is 11.3 Å². The third-order valence-electron chi connectivity index (χ3n) is 2.65. The minimum absolute atomic E-state index is 0.0277. The third kappa shape index (κ3) is 2.71. The molecule has 2 aromatic rings. The fourth-order valence-electron chi connectivity index (χ4n) is 1.66. The lowest BCUT2D eigenvalue weighted by Gasteiger charge is -2.09. The molecular weight excluding hydrogens is 278 g/mol. The minimum atomic E-state index is -0.907. The van der Waals surface area contributed by atoms with Crippen molar-refractivity contribution < 1.29 is 13.9 Å². The quantitative estimate of drug-likeness (QED) is 0.894. The van der Waals surface area contributed by atoms with Crippen LogP contribution in [0, 0.1) is 18.6 Å². The van der Waals surface area contributed by atoms with Crippen LogP contribution in [0.5, 0.6) is 0 Å². The van der Waals surface area contributed by atoms with E-state index in [9.17, 15) is 13.9 Å². The Morgan fingerprint density at radius 2 is 2.11 bits per heavy atom. The van der Waals surface area contributed by atoms with Crippen molar-refractivity contribution in [3.05, 3.63) is 56.2 Å². The first kappa shape index (κ1) is 13.5. The van der Waals surface area contributed by atoms with Gasteiger partial charge in [0.25, 0.3) is 0 Å². The lowest BCUT2D eigenvalue weighted by molar-refractivity contribution is 0.180. The van der Waals surface area contributed by atoms with E-state index < -0.39 is 17.7 Å². The van der Waals surface area contributed by atoms with Gasteiger partial charge in [-0.05, 0) is 30.2 Å². The summed E-state index contributed by atoms with van der Waals surface area (Å²) >= 11 is 7.16. The smallest absolute Gasteiger partial charge is 0.162 e. The van der Waals surface area contributed by atoms with Gasteiger partial charge in [-0.3, -0.25) is 0 Å². The number of hydrogen-bond donors (Lipinski definition) is 1. The molecule has 0 spiro atoms. The monoisotopic (exact) mass is 288 g/mol. The van der Waals surface area contributed by atoms with Crippen molar-refractivity contribution in [3.63, 3.8) is 0 Å².